The van der Waals surface area contributed by atoms with E-state index in [0.717, 1.165) is 31.8 Å². The predicted molar refractivity (Wildman–Crippen MR) is 104 cm³/mol. The van der Waals surface area contributed by atoms with Gasteiger partial charge in [0.1, 0.15) is 12.4 Å². The first-order chi connectivity index (χ1) is 13.2. The molecule has 4 N–H and O–H groups in total. The summed E-state index contributed by atoms with van der Waals surface area (Å²) in [6.45, 7) is 3.12. The molecule has 4 rings (SSSR count). The van der Waals surface area contributed by atoms with Crippen LogP contribution in [-0.4, -0.2) is 26.4 Å². The summed E-state index contributed by atoms with van der Waals surface area (Å²) in [7, 11) is 0. The molecule has 0 spiro atoms. The van der Waals surface area contributed by atoms with Crippen LogP contribution in [0.3, 0.4) is 0 Å². The third kappa shape index (κ3) is 4.32. The Kier molecular flexibility index (Phi) is 4.84. The van der Waals surface area contributed by atoms with Crippen molar-refractivity contribution in [2.24, 2.45) is 0 Å². The highest BCUT2D eigenvalue weighted by Crippen LogP contribution is 2.22. The topological polar surface area (TPSA) is 103 Å². The molecule has 2 aromatic carbocycles. The van der Waals surface area contributed by atoms with Crippen molar-refractivity contribution >= 4 is 11.9 Å². The molecule has 7 nitrogen and oxygen atoms in total. The van der Waals surface area contributed by atoms with Crippen molar-refractivity contribution in [3.05, 3.63) is 71.0 Å². The first kappa shape index (κ1) is 17.2. The second-order valence-electron chi connectivity index (χ2n) is 6.63. The number of nitrogen functional groups attached to an aromatic ring is 2. The number of aromatic nitrogens is 3. The van der Waals surface area contributed by atoms with Crippen LogP contribution in [0.2, 0.25) is 0 Å². The molecule has 0 aliphatic carbocycles. The van der Waals surface area contributed by atoms with Crippen molar-refractivity contribution in [1.29, 1.82) is 0 Å². The van der Waals surface area contributed by atoms with E-state index >= 15 is 0 Å². The molecule has 3 aromatic rings. The molecule has 0 saturated carbocycles. The van der Waals surface area contributed by atoms with E-state index in [-0.39, 0.29) is 18.5 Å². The van der Waals surface area contributed by atoms with Crippen LogP contribution in [0, 0.1) is 0 Å². The van der Waals surface area contributed by atoms with Crippen molar-refractivity contribution in [3.8, 4) is 5.75 Å². The molecule has 0 saturated heterocycles. The largest absolute Gasteiger partial charge is 0.486 e. The van der Waals surface area contributed by atoms with E-state index in [1.54, 1.807) is 0 Å². The van der Waals surface area contributed by atoms with Crippen molar-refractivity contribution in [3.63, 3.8) is 0 Å². The molecular weight excluding hydrogens is 340 g/mol. The highest BCUT2D eigenvalue weighted by molar-refractivity contribution is 5.31. The van der Waals surface area contributed by atoms with Gasteiger partial charge < -0.3 is 16.2 Å². The Bertz CT molecular complexity index is 925. The van der Waals surface area contributed by atoms with Crippen molar-refractivity contribution in [2.75, 3.05) is 18.0 Å². The van der Waals surface area contributed by atoms with Gasteiger partial charge in [0.05, 0.1) is 0 Å². The predicted octanol–water partition coefficient (Wildman–Crippen LogP) is 2.17. The summed E-state index contributed by atoms with van der Waals surface area (Å²) < 4.78 is 5.81. The molecule has 0 bridgehead atoms. The summed E-state index contributed by atoms with van der Waals surface area (Å²) in [6, 6.07) is 16.7. The molecule has 0 radical (unpaired) electrons. The number of anilines is 2. The summed E-state index contributed by atoms with van der Waals surface area (Å²) >= 11 is 0. The van der Waals surface area contributed by atoms with Crippen molar-refractivity contribution in [2.45, 2.75) is 26.1 Å². The Labute approximate surface area is 158 Å². The van der Waals surface area contributed by atoms with Crippen LogP contribution in [0.15, 0.2) is 48.5 Å². The van der Waals surface area contributed by atoms with E-state index in [0.29, 0.717) is 5.82 Å². The molecule has 1 aliphatic heterocycles. The fourth-order valence-corrected chi connectivity index (χ4v) is 3.35. The van der Waals surface area contributed by atoms with Gasteiger partial charge in [-0.25, -0.2) is 0 Å². The lowest BCUT2D eigenvalue weighted by molar-refractivity contribution is 0.244. The molecule has 0 amide bonds. The summed E-state index contributed by atoms with van der Waals surface area (Å²) in [5, 5.41) is 0. The minimum Gasteiger partial charge on any atom is -0.486 e. The van der Waals surface area contributed by atoms with Crippen LogP contribution in [0.4, 0.5) is 11.9 Å². The van der Waals surface area contributed by atoms with Gasteiger partial charge in [-0.15, -0.1) is 0 Å². The van der Waals surface area contributed by atoms with Gasteiger partial charge in [-0.2, -0.15) is 15.0 Å². The van der Waals surface area contributed by atoms with Gasteiger partial charge in [0.2, 0.25) is 11.9 Å². The van der Waals surface area contributed by atoms with Gasteiger partial charge >= 0.3 is 0 Å². The SMILES string of the molecule is Nc1nc(N)nc(COc2cccc(CN3CCc4ccccc4C3)c2)n1. The highest BCUT2D eigenvalue weighted by atomic mass is 16.5. The van der Waals surface area contributed by atoms with Crippen LogP contribution in [0.1, 0.15) is 22.5 Å². The molecule has 0 atom stereocenters. The first-order valence-electron chi connectivity index (χ1n) is 8.92. The minimum absolute atomic E-state index is 0.0974. The van der Waals surface area contributed by atoms with E-state index in [2.05, 4.69) is 56.3 Å². The van der Waals surface area contributed by atoms with Gasteiger partial charge in [-0.1, -0.05) is 36.4 Å². The Morgan fingerprint density at radius 1 is 0.926 bits per heavy atom. The molecule has 7 heteroatoms. The lowest BCUT2D eigenvalue weighted by Crippen LogP contribution is -2.29. The Hall–Kier alpha value is -3.19. The first-order valence-corrected chi connectivity index (χ1v) is 8.92. The van der Waals surface area contributed by atoms with Gasteiger partial charge in [0, 0.05) is 19.6 Å². The number of nitrogens with zero attached hydrogens (tertiary/aromatic N) is 4. The number of fused-ring (bicyclic) bond motifs is 1. The minimum atomic E-state index is 0.0974. The number of benzene rings is 2. The average Bonchev–Trinajstić information content (AvgIpc) is 2.66. The molecule has 0 fully saturated rings. The lowest BCUT2D eigenvalue weighted by atomic mass is 9.99. The third-order valence-corrected chi connectivity index (χ3v) is 4.60. The van der Waals surface area contributed by atoms with Crippen LogP contribution >= 0.6 is 0 Å². The van der Waals surface area contributed by atoms with E-state index in [1.807, 2.05) is 12.1 Å². The number of nitrogens with two attached hydrogens (primary N) is 2. The standard InChI is InChI=1S/C20H22N6O/c21-19-23-18(24-20(22)25-19)13-27-17-7-3-4-14(10-17)11-26-9-8-15-5-1-2-6-16(15)12-26/h1-7,10H,8-9,11-13H2,(H4,21,22,23,24,25). The van der Waals surface area contributed by atoms with Gasteiger partial charge in [0.15, 0.2) is 5.82 Å². The smallest absolute Gasteiger partial charge is 0.225 e. The fraction of sp³-hybridized carbons (Fsp3) is 0.250. The maximum atomic E-state index is 5.81. The zero-order chi connectivity index (χ0) is 18.6. The zero-order valence-electron chi connectivity index (χ0n) is 15.0. The number of ether oxygens (including phenoxy) is 1. The normalized spacial score (nSPS) is 13.9. The zero-order valence-corrected chi connectivity index (χ0v) is 15.0. The fourth-order valence-electron chi connectivity index (χ4n) is 3.35. The molecule has 138 valence electrons. The van der Waals surface area contributed by atoms with E-state index in [4.69, 9.17) is 16.2 Å². The summed E-state index contributed by atoms with van der Waals surface area (Å²) in [5.41, 5.74) is 15.3. The van der Waals surface area contributed by atoms with Crippen LogP contribution in [0.25, 0.3) is 0 Å². The molecule has 0 unspecified atom stereocenters. The molecule has 27 heavy (non-hydrogen) atoms. The van der Waals surface area contributed by atoms with Crippen LogP contribution < -0.4 is 16.2 Å². The molecule has 1 aliphatic rings. The Balaban J connectivity index is 1.39. The summed E-state index contributed by atoms with van der Waals surface area (Å²) in [6.07, 6.45) is 1.09. The quantitative estimate of drug-likeness (QED) is 0.717. The van der Waals surface area contributed by atoms with E-state index in [9.17, 15) is 0 Å². The van der Waals surface area contributed by atoms with Crippen molar-refractivity contribution < 1.29 is 4.74 Å². The molecule has 2 heterocycles. The van der Waals surface area contributed by atoms with E-state index in [1.165, 1.54) is 16.7 Å². The third-order valence-electron chi connectivity index (χ3n) is 4.60. The van der Waals surface area contributed by atoms with Crippen LogP contribution in [-0.2, 0) is 26.1 Å². The van der Waals surface area contributed by atoms with Gasteiger partial charge in [-0.05, 0) is 35.2 Å². The lowest BCUT2D eigenvalue weighted by Gasteiger charge is -2.28. The second kappa shape index (κ2) is 7.59. The highest BCUT2D eigenvalue weighted by Gasteiger charge is 2.16. The van der Waals surface area contributed by atoms with Gasteiger partial charge in [0.25, 0.3) is 0 Å². The monoisotopic (exact) mass is 362 g/mol. The number of hydrogen-bond donors (Lipinski definition) is 2. The van der Waals surface area contributed by atoms with E-state index < -0.39 is 0 Å². The summed E-state index contributed by atoms with van der Waals surface area (Å²) in [5.74, 6) is 1.38. The molecular formula is C20H22N6O. The van der Waals surface area contributed by atoms with Gasteiger partial charge in [-0.3, -0.25) is 4.90 Å². The number of rotatable bonds is 5. The Morgan fingerprint density at radius 2 is 1.70 bits per heavy atom. The number of hydrogen-bond acceptors (Lipinski definition) is 7. The van der Waals surface area contributed by atoms with Crippen LogP contribution in [0.5, 0.6) is 5.75 Å². The Morgan fingerprint density at radius 3 is 2.52 bits per heavy atom. The summed E-state index contributed by atoms with van der Waals surface area (Å²) in [4.78, 5) is 14.3. The second-order valence-corrected chi connectivity index (χ2v) is 6.63. The maximum Gasteiger partial charge on any atom is 0.225 e. The van der Waals surface area contributed by atoms with Crippen molar-refractivity contribution in [1.82, 2.24) is 19.9 Å². The molecule has 1 aromatic heterocycles. The maximum absolute atomic E-state index is 5.81. The average molecular weight is 362 g/mol.